The van der Waals surface area contributed by atoms with Crippen molar-refractivity contribution in [1.29, 1.82) is 0 Å². The number of nitrogens with one attached hydrogen (secondary N) is 2. The smallest absolute Gasteiger partial charge is 0.246 e. The molecule has 1 aromatic carbocycles. The highest BCUT2D eigenvalue weighted by Gasteiger charge is 2.44. The van der Waals surface area contributed by atoms with Crippen LogP contribution in [0, 0.1) is 12.3 Å². The number of ether oxygens (including phenoxy) is 4. The average molecular weight is 739 g/mol. The van der Waals surface area contributed by atoms with Crippen molar-refractivity contribution in [3.63, 3.8) is 0 Å². The Kier molecular flexibility index (Phi) is 18.6. The van der Waals surface area contributed by atoms with E-state index in [9.17, 15) is 19.5 Å². The number of thiazole rings is 1. The molecule has 0 saturated carbocycles. The number of nitrogens with zero attached hydrogens (tertiary/aromatic N) is 2. The Morgan fingerprint density at radius 1 is 0.960 bits per heavy atom. The molecule has 3 unspecified atom stereocenters. The number of β-amino-alcohol motifs (C(OH)–C–C–N with tert-alkyl or cyclic N) is 1. The molecule has 0 radical (unpaired) electrons. The maximum Gasteiger partial charge on any atom is 0.246 e. The van der Waals surface area contributed by atoms with E-state index in [2.05, 4.69) is 15.6 Å². The number of likely N-dealkylation sites (tertiary alicyclic amines) is 1. The quantitative estimate of drug-likeness (QED) is 0.113. The molecule has 3 atom stereocenters. The minimum absolute atomic E-state index is 0.00226. The molecule has 2 aromatic rings. The van der Waals surface area contributed by atoms with E-state index in [1.165, 1.54) is 4.90 Å². The summed E-state index contributed by atoms with van der Waals surface area (Å²) in [5.74, 6) is -0.536. The van der Waals surface area contributed by atoms with Crippen LogP contribution in [0.25, 0.3) is 10.4 Å². The number of aromatic nitrogens is 1. The molecular weight excluding hydrogens is 684 g/mol. The van der Waals surface area contributed by atoms with E-state index < -0.39 is 35.4 Å². The summed E-state index contributed by atoms with van der Waals surface area (Å²) in [7, 11) is 0. The van der Waals surface area contributed by atoms with Gasteiger partial charge < -0.3 is 39.6 Å². The molecule has 3 amide bonds. The Hall–Kier alpha value is -2.65. The van der Waals surface area contributed by atoms with Crippen molar-refractivity contribution in [3.05, 3.63) is 41.0 Å². The Labute approximate surface area is 305 Å². The zero-order valence-electron chi connectivity index (χ0n) is 29.9. The summed E-state index contributed by atoms with van der Waals surface area (Å²) in [6, 6.07) is 6.08. The average Bonchev–Trinajstić information content (AvgIpc) is 3.70. The summed E-state index contributed by atoms with van der Waals surface area (Å²) in [6.45, 7) is 10.6. The predicted octanol–water partition coefficient (Wildman–Crippen LogP) is 4.09. The van der Waals surface area contributed by atoms with Crippen molar-refractivity contribution in [1.82, 2.24) is 20.5 Å². The van der Waals surface area contributed by atoms with Gasteiger partial charge in [0.25, 0.3) is 0 Å². The van der Waals surface area contributed by atoms with E-state index in [4.69, 9.17) is 30.5 Å². The predicted molar refractivity (Wildman–Crippen MR) is 194 cm³/mol. The number of alkyl halides is 1. The van der Waals surface area contributed by atoms with E-state index in [0.717, 1.165) is 54.0 Å². The summed E-state index contributed by atoms with van der Waals surface area (Å²) in [5, 5.41) is 16.2. The summed E-state index contributed by atoms with van der Waals surface area (Å²) < 4.78 is 22.0. The first-order chi connectivity index (χ1) is 24.0. The molecule has 2 heterocycles. The number of benzene rings is 1. The third-order valence-corrected chi connectivity index (χ3v) is 9.48. The summed E-state index contributed by atoms with van der Waals surface area (Å²) in [6.07, 6.45) is 3.59. The normalized spacial score (nSPS) is 16.8. The number of unbranched alkanes of at least 4 members (excludes halogenated alkanes) is 3. The van der Waals surface area contributed by atoms with Gasteiger partial charge >= 0.3 is 0 Å². The van der Waals surface area contributed by atoms with Crippen molar-refractivity contribution in [2.24, 2.45) is 5.41 Å². The lowest BCUT2D eigenvalue weighted by Crippen LogP contribution is -2.58. The standard InChI is InChI=1S/C36H55ClN4O8S/c1-26-32(50-25-39-26)28-11-9-27(10-12-28)22-38-34(44)30-21-29(42)23-41(30)35(45)33(36(2,3)4)40-31(43)24-49-20-19-48-18-17-47-16-15-46-14-8-6-5-7-13-37/h9-12,25,29-30,33,42H,5-8,13-24H2,1-4H3,(H,38,44)(H,40,43). The van der Waals surface area contributed by atoms with Crippen LogP contribution < -0.4 is 10.6 Å². The second-order valence-electron chi connectivity index (χ2n) is 13.4. The molecule has 50 heavy (non-hydrogen) atoms. The number of carbonyl (C=O) groups excluding carboxylic acids is 3. The van der Waals surface area contributed by atoms with Gasteiger partial charge in [0.15, 0.2) is 0 Å². The second-order valence-corrected chi connectivity index (χ2v) is 14.7. The maximum atomic E-state index is 13.8. The van der Waals surface area contributed by atoms with Crippen LogP contribution in [0.3, 0.4) is 0 Å². The number of hydrogen-bond acceptors (Lipinski definition) is 10. The van der Waals surface area contributed by atoms with E-state index in [1.807, 2.05) is 57.5 Å². The van der Waals surface area contributed by atoms with Crippen molar-refractivity contribution < 1.29 is 38.4 Å². The molecule has 3 N–H and O–H groups in total. The molecule has 14 heteroatoms. The zero-order valence-corrected chi connectivity index (χ0v) is 31.5. The fraction of sp³-hybridized carbons (Fsp3) is 0.667. The van der Waals surface area contributed by atoms with Crippen molar-refractivity contribution in [2.75, 3.05) is 65.3 Å². The monoisotopic (exact) mass is 738 g/mol. The molecule has 1 aliphatic rings. The van der Waals surface area contributed by atoms with Gasteiger partial charge in [-0.05, 0) is 36.3 Å². The summed E-state index contributed by atoms with van der Waals surface area (Å²) in [4.78, 5) is 46.7. The molecule has 1 aliphatic heterocycles. The third kappa shape index (κ3) is 14.5. The van der Waals surface area contributed by atoms with Crippen LogP contribution >= 0.6 is 22.9 Å². The van der Waals surface area contributed by atoms with Crippen molar-refractivity contribution in [2.45, 2.75) is 84.5 Å². The van der Waals surface area contributed by atoms with E-state index in [1.54, 1.807) is 11.3 Å². The van der Waals surface area contributed by atoms with Crippen LogP contribution in [0.2, 0.25) is 0 Å². The van der Waals surface area contributed by atoms with Gasteiger partial charge in [-0.15, -0.1) is 22.9 Å². The minimum atomic E-state index is -0.935. The molecule has 1 saturated heterocycles. The van der Waals surface area contributed by atoms with Crippen LogP contribution in [0.4, 0.5) is 0 Å². The largest absolute Gasteiger partial charge is 0.391 e. The van der Waals surface area contributed by atoms with Gasteiger partial charge in [0.05, 0.1) is 61.8 Å². The van der Waals surface area contributed by atoms with Crippen LogP contribution in [-0.2, 0) is 39.9 Å². The number of carbonyl (C=O) groups is 3. The number of aryl methyl sites for hydroxylation is 1. The highest BCUT2D eigenvalue weighted by molar-refractivity contribution is 7.13. The first kappa shape index (κ1) is 41.8. The molecule has 12 nitrogen and oxygen atoms in total. The van der Waals surface area contributed by atoms with Gasteiger partial charge in [0.2, 0.25) is 17.7 Å². The number of aliphatic hydroxyl groups is 1. The molecule has 0 bridgehead atoms. The van der Waals surface area contributed by atoms with E-state index >= 15 is 0 Å². The number of amides is 3. The van der Waals surface area contributed by atoms with Gasteiger partial charge in [-0.25, -0.2) is 4.98 Å². The summed E-state index contributed by atoms with van der Waals surface area (Å²) in [5.41, 5.74) is 4.08. The highest BCUT2D eigenvalue weighted by atomic mass is 35.5. The van der Waals surface area contributed by atoms with E-state index in [-0.39, 0.29) is 45.2 Å². The van der Waals surface area contributed by atoms with Gasteiger partial charge in [-0.1, -0.05) is 57.9 Å². The van der Waals surface area contributed by atoms with Gasteiger partial charge in [-0.2, -0.15) is 0 Å². The Morgan fingerprint density at radius 2 is 1.58 bits per heavy atom. The Balaban J connectivity index is 1.36. The molecule has 0 spiro atoms. The van der Waals surface area contributed by atoms with Crippen molar-refractivity contribution in [3.8, 4) is 10.4 Å². The van der Waals surface area contributed by atoms with Gasteiger partial charge in [0.1, 0.15) is 18.7 Å². The highest BCUT2D eigenvalue weighted by Crippen LogP contribution is 2.28. The molecular formula is C36H55ClN4O8S. The molecule has 3 rings (SSSR count). The van der Waals surface area contributed by atoms with Gasteiger partial charge in [0, 0.05) is 32.0 Å². The zero-order chi connectivity index (χ0) is 36.4. The molecule has 1 fully saturated rings. The van der Waals surface area contributed by atoms with Crippen LogP contribution in [0.1, 0.15) is 64.1 Å². The molecule has 1 aromatic heterocycles. The second kappa shape index (κ2) is 22.3. The lowest BCUT2D eigenvalue weighted by molar-refractivity contribution is -0.144. The SMILES string of the molecule is Cc1ncsc1-c1ccc(CNC(=O)C2CC(O)CN2C(=O)C(NC(=O)COCCOCCOCCOCCCCCCCl)C(C)(C)C)cc1. The van der Waals surface area contributed by atoms with Crippen LogP contribution in [0.15, 0.2) is 29.8 Å². The van der Waals surface area contributed by atoms with E-state index in [0.29, 0.717) is 32.3 Å². The fourth-order valence-electron chi connectivity index (χ4n) is 5.46. The number of aliphatic hydroxyl groups excluding tert-OH is 1. The van der Waals surface area contributed by atoms with Gasteiger partial charge in [-0.3, -0.25) is 14.4 Å². The van der Waals surface area contributed by atoms with Crippen molar-refractivity contribution >= 4 is 40.7 Å². The molecule has 0 aliphatic carbocycles. The molecule has 280 valence electrons. The lowest BCUT2D eigenvalue weighted by atomic mass is 9.85. The third-order valence-electron chi connectivity index (χ3n) is 8.23. The van der Waals surface area contributed by atoms with Crippen LogP contribution in [-0.4, -0.2) is 116 Å². The first-order valence-corrected chi connectivity index (χ1v) is 18.8. The first-order valence-electron chi connectivity index (χ1n) is 17.4. The topological polar surface area (TPSA) is 149 Å². The Bertz CT molecular complexity index is 1310. The number of halogens is 1. The summed E-state index contributed by atoms with van der Waals surface area (Å²) >= 11 is 7.24. The number of rotatable bonds is 23. The minimum Gasteiger partial charge on any atom is -0.391 e. The van der Waals surface area contributed by atoms with Crippen LogP contribution in [0.5, 0.6) is 0 Å². The fourth-order valence-corrected chi connectivity index (χ4v) is 6.46. The lowest BCUT2D eigenvalue weighted by Gasteiger charge is -2.35. The maximum absolute atomic E-state index is 13.8. The number of hydrogen-bond donors (Lipinski definition) is 3. The Morgan fingerprint density at radius 3 is 2.18 bits per heavy atom.